The number of nitrogens with one attached hydrogen (secondary N) is 4. The van der Waals surface area contributed by atoms with E-state index < -0.39 is 75.9 Å². The Labute approximate surface area is 459 Å². The highest BCUT2D eigenvalue weighted by atomic mass is 32.1. The van der Waals surface area contributed by atoms with E-state index in [-0.39, 0.29) is 114 Å². The number of halogens is 4. The fraction of sp³-hybridized carbons (Fsp3) is 0.509. The van der Waals surface area contributed by atoms with Crippen LogP contribution in [0.1, 0.15) is 80.2 Å². The number of aliphatic hydroxyl groups is 1. The van der Waals surface area contributed by atoms with E-state index in [0.29, 0.717) is 30.9 Å². The van der Waals surface area contributed by atoms with Crippen molar-refractivity contribution in [3.05, 3.63) is 104 Å². The van der Waals surface area contributed by atoms with Gasteiger partial charge >= 0.3 is 6.18 Å². The number of likely N-dealkylation sites (N-methyl/N-ethyl adjacent to an activating group) is 1. The number of aromatic amines is 1. The highest BCUT2D eigenvalue weighted by molar-refractivity contribution is 7.13. The zero-order chi connectivity index (χ0) is 57.3. The van der Waals surface area contributed by atoms with Gasteiger partial charge < -0.3 is 55.0 Å². The second-order valence-corrected chi connectivity index (χ2v) is 22.0. The fourth-order valence-corrected chi connectivity index (χ4v) is 10.5. The lowest BCUT2D eigenvalue weighted by Gasteiger charge is -2.44. The molecule has 3 aliphatic rings. The molecule has 3 aliphatic heterocycles. The van der Waals surface area contributed by atoms with Gasteiger partial charge in [0.2, 0.25) is 29.2 Å². The Morgan fingerprint density at radius 1 is 0.937 bits per heavy atom. The van der Waals surface area contributed by atoms with Crippen molar-refractivity contribution in [2.75, 3.05) is 89.6 Å². The van der Waals surface area contributed by atoms with Crippen molar-refractivity contribution in [1.82, 2.24) is 35.3 Å². The topological polar surface area (TPSA) is 228 Å². The molecule has 19 nitrogen and oxygen atoms in total. The molecule has 1 unspecified atom stereocenters. The molecule has 4 aromatic rings. The second kappa shape index (κ2) is 26.1. The highest BCUT2D eigenvalue weighted by Crippen LogP contribution is 2.38. The fourth-order valence-electron chi connectivity index (χ4n) is 9.73. The predicted molar refractivity (Wildman–Crippen MR) is 289 cm³/mol. The van der Waals surface area contributed by atoms with Crippen molar-refractivity contribution in [1.29, 1.82) is 0 Å². The van der Waals surface area contributed by atoms with E-state index in [9.17, 15) is 47.0 Å². The summed E-state index contributed by atoms with van der Waals surface area (Å²) in [7, 11) is 1.96. The maximum Gasteiger partial charge on any atom is 0.417 e. The number of benzene rings is 2. The molecule has 5 heterocycles. The molecule has 428 valence electrons. The number of piperazine rings is 1. The number of ether oxygens (including phenoxy) is 3. The molecule has 0 radical (unpaired) electrons. The zero-order valence-electron chi connectivity index (χ0n) is 45.3. The summed E-state index contributed by atoms with van der Waals surface area (Å²) in [6, 6.07) is 8.77. The van der Waals surface area contributed by atoms with Crippen molar-refractivity contribution in [2.24, 2.45) is 5.41 Å². The van der Waals surface area contributed by atoms with Crippen molar-refractivity contribution in [3.8, 4) is 10.4 Å². The first-order valence-electron chi connectivity index (χ1n) is 26.1. The molecule has 7 rings (SSSR count). The van der Waals surface area contributed by atoms with Gasteiger partial charge in [0.15, 0.2) is 0 Å². The monoisotopic (exact) mass is 1120 g/mol. The van der Waals surface area contributed by atoms with Crippen LogP contribution in [0.15, 0.2) is 65.0 Å². The molecule has 0 saturated carbocycles. The Bertz CT molecular complexity index is 2920. The molecule has 0 spiro atoms. The number of thiazole rings is 1. The van der Waals surface area contributed by atoms with E-state index in [0.717, 1.165) is 21.7 Å². The number of likely N-dealkylation sites (tertiary alicyclic amines) is 1. The first-order chi connectivity index (χ1) is 37.4. The minimum Gasteiger partial charge on any atom is -0.391 e. The van der Waals surface area contributed by atoms with Crippen LogP contribution in [0.5, 0.6) is 0 Å². The van der Waals surface area contributed by atoms with Crippen molar-refractivity contribution >= 4 is 57.8 Å². The van der Waals surface area contributed by atoms with Crippen LogP contribution in [0, 0.1) is 18.2 Å². The van der Waals surface area contributed by atoms with E-state index in [1.165, 1.54) is 21.9 Å². The number of hydrogen-bond acceptors (Lipinski definition) is 14. The number of rotatable bonds is 20. The van der Waals surface area contributed by atoms with Gasteiger partial charge in [0.05, 0.1) is 71.1 Å². The number of carbonyl (C=O) groups excluding carboxylic acids is 5. The maximum atomic E-state index is 16.1. The Kier molecular flexibility index (Phi) is 19.9. The number of alkyl halides is 3. The van der Waals surface area contributed by atoms with Gasteiger partial charge in [0.25, 0.3) is 5.91 Å². The molecule has 5 amide bonds. The first-order valence-corrected chi connectivity index (χ1v) is 26.9. The average molecular weight is 1120 g/mol. The number of β-amino-alcohol motifs (C(OH)–C–C–N with tert-alkyl or cyclic N) is 1. The minimum absolute atomic E-state index is 0.0212. The van der Waals surface area contributed by atoms with E-state index >= 15 is 4.39 Å². The molecule has 79 heavy (non-hydrogen) atoms. The number of pyridine rings is 1. The SMILES string of the molecule is Cc1ncsc1-c1ccc(CNC(=O)[C@@H]2C[C@@H](O)CN2C(=O)C(NC(=O)COCCOCCOCC(=O)N2CC=C(c3cc(NC(=O)c4c[nH]c(=O)cc4C(F)(F)F)c(N4C[C@@H](C)N(C)[C@@H](C)C4)cc3F)CC2)C(C)(C)C)cc1. The Balaban J connectivity index is 0.837. The summed E-state index contributed by atoms with van der Waals surface area (Å²) in [4.78, 5) is 93.3. The van der Waals surface area contributed by atoms with Crippen molar-refractivity contribution in [3.63, 3.8) is 0 Å². The summed E-state index contributed by atoms with van der Waals surface area (Å²) in [6.45, 7) is 12.2. The number of carbonyl (C=O) groups is 5. The number of aliphatic hydroxyl groups excluding tert-OH is 1. The van der Waals surface area contributed by atoms with Crippen LogP contribution in [-0.4, -0.2) is 169 Å². The molecule has 2 aromatic heterocycles. The third-order valence-electron chi connectivity index (χ3n) is 14.3. The summed E-state index contributed by atoms with van der Waals surface area (Å²) in [6.07, 6.45) is -3.29. The lowest BCUT2D eigenvalue weighted by atomic mass is 9.85. The third-order valence-corrected chi connectivity index (χ3v) is 15.3. The predicted octanol–water partition coefficient (Wildman–Crippen LogP) is 5.22. The van der Waals surface area contributed by atoms with Crippen LogP contribution in [-0.2, 0) is 46.1 Å². The standard InChI is InChI=1S/C55H69F4N9O10S/c1-32-26-67(27-33(2)65(32)7)44-23-42(56)39(21-43(44)63-51(73)40-25-60-46(70)22-41(40)55(57,58)59)36-12-14-66(15-13-36)48(72)30-78-19-17-76-16-18-77-29-47(71)64-50(54(4,5)6)53(75)68-28-38(69)20-45(68)52(74)61-24-35-8-10-37(11-9-35)49-34(3)62-31-79-49/h8-12,21-23,25,31-33,38,45,50,69H,13-20,24,26-30H2,1-7H3,(H,60,70)(H,61,74)(H,63,73)(H,64,71)/t32-,33+,38-,45+,50?/m1/s1. The summed E-state index contributed by atoms with van der Waals surface area (Å²) >= 11 is 1.55. The Hall–Kier alpha value is -6.57. The number of nitrogens with zero attached hydrogens (tertiary/aromatic N) is 5. The molecule has 24 heteroatoms. The first kappa shape index (κ1) is 60.1. The minimum atomic E-state index is -5.01. The smallest absolute Gasteiger partial charge is 0.391 e. The van der Waals surface area contributed by atoms with Gasteiger partial charge in [0, 0.05) is 75.6 Å². The molecule has 5 atom stereocenters. The number of aromatic nitrogens is 2. The quantitative estimate of drug-likeness (QED) is 0.0566. The molecule has 2 saturated heterocycles. The number of H-pyrrole nitrogens is 1. The van der Waals surface area contributed by atoms with Gasteiger partial charge in [-0.3, -0.25) is 33.7 Å². The van der Waals surface area contributed by atoms with Gasteiger partial charge in [-0.2, -0.15) is 13.2 Å². The van der Waals surface area contributed by atoms with Gasteiger partial charge in [-0.05, 0) is 68.5 Å². The third kappa shape index (κ3) is 15.4. The van der Waals surface area contributed by atoms with Crippen LogP contribution >= 0.6 is 11.3 Å². The number of amides is 5. The summed E-state index contributed by atoms with van der Waals surface area (Å²) in [5, 5.41) is 18.8. The summed E-state index contributed by atoms with van der Waals surface area (Å²) in [5.74, 6) is -3.59. The van der Waals surface area contributed by atoms with Crippen molar-refractivity contribution < 1.29 is 60.9 Å². The Morgan fingerprint density at radius 3 is 2.23 bits per heavy atom. The van der Waals surface area contributed by atoms with Crippen molar-refractivity contribution in [2.45, 2.75) is 97.4 Å². The number of hydrogen-bond donors (Lipinski definition) is 5. The molecule has 0 bridgehead atoms. The van der Waals surface area contributed by atoms with Gasteiger partial charge in [-0.15, -0.1) is 11.3 Å². The van der Waals surface area contributed by atoms with Gasteiger partial charge in [0.1, 0.15) is 31.1 Å². The van der Waals surface area contributed by atoms with E-state index in [2.05, 4.69) is 30.8 Å². The van der Waals surface area contributed by atoms with Crippen LogP contribution in [0.2, 0.25) is 0 Å². The van der Waals surface area contributed by atoms with Gasteiger partial charge in [-0.25, -0.2) is 9.37 Å². The lowest BCUT2D eigenvalue weighted by Crippen LogP contribution is -2.58. The van der Waals surface area contributed by atoms with E-state index in [1.807, 2.05) is 57.0 Å². The summed E-state index contributed by atoms with van der Waals surface area (Å²) in [5.41, 5.74) is 1.55. The zero-order valence-corrected chi connectivity index (χ0v) is 46.2. The number of aryl methyl sites for hydroxylation is 1. The molecule has 5 N–H and O–H groups in total. The van der Waals surface area contributed by atoms with Crippen LogP contribution < -0.4 is 26.4 Å². The maximum absolute atomic E-state index is 16.1. The number of anilines is 2. The van der Waals surface area contributed by atoms with Crippen LogP contribution in [0.4, 0.5) is 28.9 Å². The molecule has 2 fully saturated rings. The van der Waals surface area contributed by atoms with Gasteiger partial charge in [-0.1, -0.05) is 51.1 Å². The largest absolute Gasteiger partial charge is 0.417 e. The van der Waals surface area contributed by atoms with Crippen LogP contribution in [0.3, 0.4) is 0 Å². The lowest BCUT2D eigenvalue weighted by molar-refractivity contribution is -0.144. The van der Waals surface area contributed by atoms with E-state index in [1.54, 1.807) is 43.7 Å². The normalized spacial score (nSPS) is 19.5. The Morgan fingerprint density at radius 2 is 1.61 bits per heavy atom. The highest BCUT2D eigenvalue weighted by Gasteiger charge is 2.45. The summed E-state index contributed by atoms with van der Waals surface area (Å²) < 4.78 is 74.6. The molecular formula is C55H69F4N9O10S. The molecule has 0 aliphatic carbocycles. The average Bonchev–Trinajstić information content (AvgIpc) is 4.06. The van der Waals surface area contributed by atoms with Crippen LogP contribution in [0.25, 0.3) is 16.0 Å². The molecular weight excluding hydrogens is 1050 g/mol. The second-order valence-electron chi connectivity index (χ2n) is 21.2. The molecule has 2 aromatic carbocycles. The van der Waals surface area contributed by atoms with E-state index in [4.69, 9.17) is 14.2 Å².